The minimum absolute atomic E-state index is 0.0931. The number of rotatable bonds is 5. The molecule has 1 aromatic rings. The summed E-state index contributed by atoms with van der Waals surface area (Å²) in [7, 11) is 1.64. The number of amides is 1. The summed E-state index contributed by atoms with van der Waals surface area (Å²) < 4.78 is 4.93. The van der Waals surface area contributed by atoms with E-state index >= 15 is 0 Å². The lowest BCUT2D eigenvalue weighted by Crippen LogP contribution is -2.25. The Morgan fingerprint density at radius 2 is 2.33 bits per heavy atom. The molecule has 1 amide bonds. The highest BCUT2D eigenvalue weighted by molar-refractivity contribution is 6.33. The molecule has 0 aromatic heterocycles. The average Bonchev–Trinajstić information content (AvgIpc) is 3.15. The van der Waals surface area contributed by atoms with E-state index in [2.05, 4.69) is 5.32 Å². The van der Waals surface area contributed by atoms with Crippen molar-refractivity contribution in [2.45, 2.75) is 18.9 Å². The number of hydrogen-bond donors (Lipinski definition) is 1. The van der Waals surface area contributed by atoms with Crippen molar-refractivity contribution in [2.75, 3.05) is 13.7 Å². The van der Waals surface area contributed by atoms with Crippen molar-refractivity contribution in [3.8, 4) is 0 Å². The quantitative estimate of drug-likeness (QED) is 0.889. The summed E-state index contributed by atoms with van der Waals surface area (Å²) in [6.45, 7) is 0.548. The Morgan fingerprint density at radius 3 is 3.00 bits per heavy atom. The van der Waals surface area contributed by atoms with E-state index in [0.717, 1.165) is 18.4 Å². The summed E-state index contributed by atoms with van der Waals surface area (Å²) >= 11 is 6.05. The molecular formula is C14H16ClNO2. The Bertz CT molecular complexity index is 467. The third kappa shape index (κ3) is 3.59. The van der Waals surface area contributed by atoms with Crippen LogP contribution in [-0.4, -0.2) is 25.7 Å². The van der Waals surface area contributed by atoms with Gasteiger partial charge in [0.2, 0.25) is 0 Å². The van der Waals surface area contributed by atoms with Crippen molar-refractivity contribution in [2.24, 2.45) is 0 Å². The second-order valence-electron chi connectivity index (χ2n) is 4.34. The van der Waals surface area contributed by atoms with E-state index in [-0.39, 0.29) is 5.91 Å². The first kappa shape index (κ1) is 13.1. The van der Waals surface area contributed by atoms with Gasteiger partial charge in [0.15, 0.2) is 0 Å². The fraction of sp³-hybridized carbons (Fsp3) is 0.357. The van der Waals surface area contributed by atoms with Crippen molar-refractivity contribution in [3.63, 3.8) is 0 Å². The van der Waals surface area contributed by atoms with Crippen LogP contribution in [0.25, 0.3) is 6.08 Å². The zero-order chi connectivity index (χ0) is 13.0. The van der Waals surface area contributed by atoms with Crippen molar-refractivity contribution < 1.29 is 9.53 Å². The lowest BCUT2D eigenvalue weighted by Gasteiger charge is -2.06. The zero-order valence-corrected chi connectivity index (χ0v) is 11.0. The predicted molar refractivity (Wildman–Crippen MR) is 72.9 cm³/mol. The second-order valence-corrected chi connectivity index (χ2v) is 4.75. The lowest BCUT2D eigenvalue weighted by molar-refractivity contribution is 0.0951. The number of nitrogens with one attached hydrogen (secondary N) is 1. The van der Waals surface area contributed by atoms with Crippen LogP contribution in [0.5, 0.6) is 0 Å². The molecule has 0 spiro atoms. The molecule has 4 heteroatoms. The first-order valence-corrected chi connectivity index (χ1v) is 6.34. The number of ether oxygens (including phenoxy) is 1. The van der Waals surface area contributed by atoms with Crippen LogP contribution in [0.4, 0.5) is 0 Å². The van der Waals surface area contributed by atoms with E-state index in [1.807, 2.05) is 18.2 Å². The summed E-state index contributed by atoms with van der Waals surface area (Å²) in [6, 6.07) is 5.76. The van der Waals surface area contributed by atoms with Gasteiger partial charge in [-0.15, -0.1) is 0 Å². The van der Waals surface area contributed by atoms with Gasteiger partial charge in [0.1, 0.15) is 0 Å². The van der Waals surface area contributed by atoms with E-state index < -0.39 is 0 Å². The second kappa shape index (κ2) is 6.03. The highest BCUT2D eigenvalue weighted by Crippen LogP contribution is 2.22. The van der Waals surface area contributed by atoms with Gasteiger partial charge in [-0.25, -0.2) is 0 Å². The van der Waals surface area contributed by atoms with E-state index in [1.165, 1.54) is 0 Å². The molecule has 1 aliphatic rings. The molecule has 0 aliphatic heterocycles. The Balaban J connectivity index is 2.12. The van der Waals surface area contributed by atoms with Gasteiger partial charge in [-0.2, -0.15) is 0 Å². The Hall–Kier alpha value is -1.32. The number of methoxy groups -OCH3 is 1. The molecule has 0 atom stereocenters. The van der Waals surface area contributed by atoms with E-state index in [9.17, 15) is 4.79 Å². The van der Waals surface area contributed by atoms with Gasteiger partial charge in [0.05, 0.1) is 17.2 Å². The average molecular weight is 266 g/mol. The molecule has 96 valence electrons. The van der Waals surface area contributed by atoms with Gasteiger partial charge in [-0.05, 0) is 30.5 Å². The van der Waals surface area contributed by atoms with Crippen molar-refractivity contribution in [1.29, 1.82) is 0 Å². The monoisotopic (exact) mass is 265 g/mol. The molecule has 0 unspecified atom stereocenters. The highest BCUT2D eigenvalue weighted by atomic mass is 35.5. The van der Waals surface area contributed by atoms with Crippen LogP contribution >= 0.6 is 11.6 Å². The van der Waals surface area contributed by atoms with Crippen LogP contribution in [0, 0.1) is 0 Å². The van der Waals surface area contributed by atoms with Crippen LogP contribution in [0.3, 0.4) is 0 Å². The summed E-state index contributed by atoms with van der Waals surface area (Å²) in [5.41, 5.74) is 1.47. The Kier molecular flexibility index (Phi) is 4.39. The minimum Gasteiger partial charge on any atom is -0.381 e. The molecule has 0 radical (unpaired) electrons. The lowest BCUT2D eigenvalue weighted by atomic mass is 10.1. The SMILES string of the molecule is COC/C=C/c1ccc(Cl)c(C(=O)NC2CC2)c1. The van der Waals surface area contributed by atoms with Crippen LogP contribution < -0.4 is 5.32 Å². The summed E-state index contributed by atoms with van der Waals surface area (Å²) in [6.07, 6.45) is 5.94. The van der Waals surface area contributed by atoms with Crippen LogP contribution in [0.2, 0.25) is 5.02 Å². The number of hydrogen-bond acceptors (Lipinski definition) is 2. The summed E-state index contributed by atoms with van der Waals surface area (Å²) in [5.74, 6) is -0.0931. The van der Waals surface area contributed by atoms with E-state index in [4.69, 9.17) is 16.3 Å². The van der Waals surface area contributed by atoms with Crippen molar-refractivity contribution in [3.05, 3.63) is 40.4 Å². The first-order valence-electron chi connectivity index (χ1n) is 5.96. The highest BCUT2D eigenvalue weighted by Gasteiger charge is 2.24. The molecule has 0 saturated heterocycles. The number of carbonyl (C=O) groups excluding carboxylic acids is 1. The smallest absolute Gasteiger partial charge is 0.253 e. The van der Waals surface area contributed by atoms with Crippen molar-refractivity contribution in [1.82, 2.24) is 5.32 Å². The van der Waals surface area contributed by atoms with Crippen LogP contribution in [0.1, 0.15) is 28.8 Å². The Morgan fingerprint density at radius 1 is 1.56 bits per heavy atom. The standard InChI is InChI=1S/C14H16ClNO2/c1-18-8-2-3-10-4-7-13(15)12(9-10)14(17)16-11-5-6-11/h2-4,7,9,11H,5-6,8H2,1H3,(H,16,17)/b3-2+. The fourth-order valence-corrected chi connectivity index (χ4v) is 1.80. The number of carbonyl (C=O) groups is 1. The molecule has 18 heavy (non-hydrogen) atoms. The summed E-state index contributed by atoms with van der Waals surface area (Å²) in [5, 5.41) is 3.42. The molecule has 1 N–H and O–H groups in total. The van der Waals surface area contributed by atoms with Crippen LogP contribution in [-0.2, 0) is 4.74 Å². The molecular weight excluding hydrogens is 250 g/mol. The van der Waals surface area contributed by atoms with E-state index in [1.54, 1.807) is 19.2 Å². The third-order valence-corrected chi connectivity index (χ3v) is 3.05. The van der Waals surface area contributed by atoms with Gasteiger partial charge in [0, 0.05) is 13.2 Å². The minimum atomic E-state index is -0.0931. The normalized spacial score (nSPS) is 15.0. The zero-order valence-electron chi connectivity index (χ0n) is 10.3. The Labute approximate surface area is 112 Å². The third-order valence-electron chi connectivity index (χ3n) is 2.72. The van der Waals surface area contributed by atoms with Crippen molar-refractivity contribution >= 4 is 23.6 Å². The van der Waals surface area contributed by atoms with Crippen LogP contribution in [0.15, 0.2) is 24.3 Å². The topological polar surface area (TPSA) is 38.3 Å². The van der Waals surface area contributed by atoms with Gasteiger partial charge in [-0.1, -0.05) is 29.8 Å². The van der Waals surface area contributed by atoms with Gasteiger partial charge in [-0.3, -0.25) is 4.79 Å². The molecule has 0 heterocycles. The molecule has 1 saturated carbocycles. The number of halogens is 1. The molecule has 0 bridgehead atoms. The molecule has 1 fully saturated rings. The number of benzene rings is 1. The molecule has 1 aliphatic carbocycles. The van der Waals surface area contributed by atoms with Gasteiger partial charge in [0.25, 0.3) is 5.91 Å². The van der Waals surface area contributed by atoms with Gasteiger partial charge < -0.3 is 10.1 Å². The fourth-order valence-electron chi connectivity index (χ4n) is 1.59. The summed E-state index contributed by atoms with van der Waals surface area (Å²) in [4.78, 5) is 12.0. The first-order chi connectivity index (χ1) is 8.70. The largest absolute Gasteiger partial charge is 0.381 e. The molecule has 1 aromatic carbocycles. The van der Waals surface area contributed by atoms with Gasteiger partial charge >= 0.3 is 0 Å². The van der Waals surface area contributed by atoms with E-state index in [0.29, 0.717) is 23.2 Å². The maximum Gasteiger partial charge on any atom is 0.253 e. The molecule has 3 nitrogen and oxygen atoms in total. The molecule has 2 rings (SSSR count). The maximum absolute atomic E-state index is 12.0. The predicted octanol–water partition coefficient (Wildman–Crippen LogP) is 2.89. The maximum atomic E-state index is 12.0.